The van der Waals surface area contributed by atoms with Gasteiger partial charge in [0, 0.05) is 10.5 Å². The molecule has 106 valence electrons. The zero-order valence-corrected chi connectivity index (χ0v) is 12.4. The highest BCUT2D eigenvalue weighted by Crippen LogP contribution is 2.21. The predicted molar refractivity (Wildman–Crippen MR) is 80.8 cm³/mol. The van der Waals surface area contributed by atoms with Gasteiger partial charge in [-0.3, -0.25) is 4.79 Å². The maximum atomic E-state index is 13.2. The molecule has 0 aliphatic carbocycles. The second-order valence-corrected chi connectivity index (χ2v) is 5.34. The van der Waals surface area contributed by atoms with Crippen molar-refractivity contribution in [3.63, 3.8) is 0 Å². The average molecular weight is 349 g/mol. The van der Waals surface area contributed by atoms with Crippen molar-refractivity contribution >= 4 is 26.8 Å². The largest absolute Gasteiger partial charge is 0.486 e. The molecule has 0 spiro atoms. The first-order valence-electron chi connectivity index (χ1n) is 6.19. The highest BCUT2D eigenvalue weighted by molar-refractivity contribution is 9.10. The molecule has 1 aromatic heterocycles. The van der Waals surface area contributed by atoms with Crippen LogP contribution in [0.4, 0.5) is 4.39 Å². The number of H-pyrrole nitrogens is 1. The monoisotopic (exact) mass is 348 g/mol. The minimum atomic E-state index is -0.403. The first kappa shape index (κ1) is 13.8. The van der Waals surface area contributed by atoms with Crippen LogP contribution in [0.5, 0.6) is 5.75 Å². The van der Waals surface area contributed by atoms with Crippen molar-refractivity contribution in [3.8, 4) is 5.75 Å². The molecule has 0 aliphatic heterocycles. The second kappa shape index (κ2) is 5.65. The molecule has 21 heavy (non-hydrogen) atoms. The van der Waals surface area contributed by atoms with Gasteiger partial charge in [0.2, 0.25) is 0 Å². The van der Waals surface area contributed by atoms with E-state index >= 15 is 0 Å². The number of nitrogens with zero attached hydrogens (tertiary/aromatic N) is 1. The van der Waals surface area contributed by atoms with E-state index in [1.807, 2.05) is 6.07 Å². The first-order valence-corrected chi connectivity index (χ1v) is 6.98. The summed E-state index contributed by atoms with van der Waals surface area (Å²) in [5, 5.41) is 0.523. The van der Waals surface area contributed by atoms with Crippen molar-refractivity contribution in [2.45, 2.75) is 6.61 Å². The minimum absolute atomic E-state index is 0.0516. The number of halogens is 2. The molecule has 0 amide bonds. The quantitative estimate of drug-likeness (QED) is 0.789. The van der Waals surface area contributed by atoms with E-state index in [2.05, 4.69) is 25.9 Å². The van der Waals surface area contributed by atoms with Crippen molar-refractivity contribution < 1.29 is 9.13 Å². The van der Waals surface area contributed by atoms with Gasteiger partial charge in [0.05, 0.1) is 10.9 Å². The van der Waals surface area contributed by atoms with Crippen molar-refractivity contribution in [1.82, 2.24) is 9.97 Å². The van der Waals surface area contributed by atoms with Crippen LogP contribution in [0.3, 0.4) is 0 Å². The van der Waals surface area contributed by atoms with Crippen LogP contribution in [-0.4, -0.2) is 9.97 Å². The van der Waals surface area contributed by atoms with E-state index in [0.717, 1.165) is 0 Å². The van der Waals surface area contributed by atoms with Gasteiger partial charge in [0.25, 0.3) is 5.56 Å². The lowest BCUT2D eigenvalue weighted by molar-refractivity contribution is 0.294. The fraction of sp³-hybridized carbons (Fsp3) is 0.0667. The molecule has 0 bridgehead atoms. The molecule has 0 aliphatic rings. The molecule has 0 saturated heterocycles. The minimum Gasteiger partial charge on any atom is -0.486 e. The summed E-state index contributed by atoms with van der Waals surface area (Å²) in [6.07, 6.45) is 0. The molecule has 6 heteroatoms. The Morgan fingerprint density at radius 1 is 1.24 bits per heavy atom. The summed E-state index contributed by atoms with van der Waals surface area (Å²) in [4.78, 5) is 18.9. The maximum absolute atomic E-state index is 13.2. The van der Waals surface area contributed by atoms with Gasteiger partial charge in [-0.1, -0.05) is 28.1 Å². The molecule has 0 radical (unpaired) electrons. The smallest absolute Gasteiger partial charge is 0.258 e. The number of para-hydroxylation sites is 1. The summed E-state index contributed by atoms with van der Waals surface area (Å²) in [5.74, 6) is 0.344. The average Bonchev–Trinajstić information content (AvgIpc) is 2.44. The lowest BCUT2D eigenvalue weighted by atomic mass is 10.2. The zero-order chi connectivity index (χ0) is 14.8. The normalized spacial score (nSPS) is 10.8. The van der Waals surface area contributed by atoms with Gasteiger partial charge in [0.1, 0.15) is 24.0 Å². The van der Waals surface area contributed by atoms with Crippen LogP contribution in [0.1, 0.15) is 5.82 Å². The van der Waals surface area contributed by atoms with Gasteiger partial charge in [-0.25, -0.2) is 9.37 Å². The van der Waals surface area contributed by atoms with Crippen LogP contribution in [0.2, 0.25) is 0 Å². The van der Waals surface area contributed by atoms with Gasteiger partial charge < -0.3 is 9.72 Å². The zero-order valence-electron chi connectivity index (χ0n) is 10.8. The van der Waals surface area contributed by atoms with E-state index < -0.39 is 5.82 Å². The van der Waals surface area contributed by atoms with Gasteiger partial charge in [-0.15, -0.1) is 0 Å². The highest BCUT2D eigenvalue weighted by atomic mass is 79.9. The van der Waals surface area contributed by atoms with Crippen LogP contribution in [-0.2, 0) is 6.61 Å². The van der Waals surface area contributed by atoms with Gasteiger partial charge in [-0.05, 0) is 24.3 Å². The van der Waals surface area contributed by atoms with Gasteiger partial charge >= 0.3 is 0 Å². The number of hydrogen-bond acceptors (Lipinski definition) is 3. The molecule has 1 N–H and O–H groups in total. The molecule has 3 aromatic rings. The third-order valence-electron chi connectivity index (χ3n) is 2.87. The Morgan fingerprint density at radius 2 is 2.05 bits per heavy atom. The van der Waals surface area contributed by atoms with Crippen molar-refractivity contribution in [2.24, 2.45) is 0 Å². The van der Waals surface area contributed by atoms with E-state index in [4.69, 9.17) is 4.74 Å². The first-order chi connectivity index (χ1) is 10.1. The number of fused-ring (bicyclic) bond motifs is 1. The Balaban J connectivity index is 1.86. The molecule has 0 fully saturated rings. The Bertz CT molecular complexity index is 843. The van der Waals surface area contributed by atoms with E-state index in [1.54, 1.807) is 24.3 Å². The number of aromatic amines is 1. The molecule has 0 atom stereocenters. The molecular weight excluding hydrogens is 339 g/mol. The van der Waals surface area contributed by atoms with Gasteiger partial charge in [-0.2, -0.15) is 0 Å². The Morgan fingerprint density at radius 3 is 2.86 bits per heavy atom. The number of hydrogen-bond donors (Lipinski definition) is 1. The van der Waals surface area contributed by atoms with Crippen LogP contribution in [0.15, 0.2) is 51.7 Å². The number of benzene rings is 2. The van der Waals surface area contributed by atoms with Crippen molar-refractivity contribution in [3.05, 3.63) is 68.9 Å². The highest BCUT2D eigenvalue weighted by Gasteiger charge is 2.05. The summed E-state index contributed by atoms with van der Waals surface area (Å²) in [6, 6.07) is 11.3. The Labute approximate surface area is 127 Å². The fourth-order valence-electron chi connectivity index (χ4n) is 1.97. The number of nitrogens with one attached hydrogen (secondary N) is 1. The van der Waals surface area contributed by atoms with Crippen LogP contribution in [0, 0.1) is 5.82 Å². The number of aromatic nitrogens is 2. The molecule has 1 heterocycles. The maximum Gasteiger partial charge on any atom is 0.258 e. The van der Waals surface area contributed by atoms with Crippen LogP contribution >= 0.6 is 15.9 Å². The molecule has 2 aromatic carbocycles. The topological polar surface area (TPSA) is 55.0 Å². The summed E-state index contributed by atoms with van der Waals surface area (Å²) >= 11 is 3.19. The van der Waals surface area contributed by atoms with E-state index in [9.17, 15) is 9.18 Å². The van der Waals surface area contributed by atoms with Crippen LogP contribution in [0.25, 0.3) is 10.9 Å². The molecule has 4 nitrogen and oxygen atoms in total. The van der Waals surface area contributed by atoms with Crippen LogP contribution < -0.4 is 10.3 Å². The van der Waals surface area contributed by atoms with E-state index in [1.165, 1.54) is 12.1 Å². The Hall–Kier alpha value is -2.21. The summed E-state index contributed by atoms with van der Waals surface area (Å²) in [5.41, 5.74) is 0.375. The molecule has 0 unspecified atom stereocenters. The predicted octanol–water partition coefficient (Wildman–Crippen LogP) is 3.40. The fourth-order valence-corrected chi connectivity index (χ4v) is 2.41. The van der Waals surface area contributed by atoms with E-state index in [0.29, 0.717) is 26.9 Å². The Kier molecular flexibility index (Phi) is 3.70. The van der Waals surface area contributed by atoms with Crippen molar-refractivity contribution in [2.75, 3.05) is 0 Å². The lowest BCUT2D eigenvalue weighted by Gasteiger charge is -2.07. The SMILES string of the molecule is O=c1[nH]c(COc2cc(F)cc(Br)c2)nc2ccccc12. The number of ether oxygens (including phenoxy) is 1. The summed E-state index contributed by atoms with van der Waals surface area (Å²) in [7, 11) is 0. The lowest BCUT2D eigenvalue weighted by Crippen LogP contribution is -2.13. The van der Waals surface area contributed by atoms with Gasteiger partial charge in [0.15, 0.2) is 0 Å². The summed E-state index contributed by atoms with van der Waals surface area (Å²) in [6.45, 7) is 0.0516. The third-order valence-corrected chi connectivity index (χ3v) is 3.33. The summed E-state index contributed by atoms with van der Waals surface area (Å²) < 4.78 is 19.3. The number of rotatable bonds is 3. The molecule has 0 saturated carbocycles. The standard InChI is InChI=1S/C15H10BrFN2O2/c16-9-5-10(17)7-11(6-9)21-8-14-18-13-4-2-1-3-12(13)15(20)19-14/h1-7H,8H2,(H,18,19,20). The van der Waals surface area contributed by atoms with Crippen molar-refractivity contribution in [1.29, 1.82) is 0 Å². The molecule has 3 rings (SSSR count). The molecular formula is C15H10BrFN2O2. The third kappa shape index (κ3) is 3.11. The second-order valence-electron chi connectivity index (χ2n) is 4.42. The van der Waals surface area contributed by atoms with E-state index in [-0.39, 0.29) is 12.2 Å².